The van der Waals surface area contributed by atoms with Gasteiger partial charge >= 0.3 is 0 Å². The first-order valence-corrected chi connectivity index (χ1v) is 7.35. The first-order valence-electron chi connectivity index (χ1n) is 6.97. The van der Waals surface area contributed by atoms with Crippen molar-refractivity contribution in [2.45, 2.75) is 25.8 Å². The molecule has 5 nitrogen and oxygen atoms in total. The average molecular weight is 297 g/mol. The van der Waals surface area contributed by atoms with Crippen LogP contribution in [0.25, 0.3) is 0 Å². The number of nitrogens with one attached hydrogen (secondary N) is 2. The van der Waals surface area contributed by atoms with Gasteiger partial charge in [0.2, 0.25) is 0 Å². The third kappa shape index (κ3) is 3.61. The fourth-order valence-corrected chi connectivity index (χ4v) is 2.59. The number of likely N-dealkylation sites (tertiary alicyclic amines) is 1. The molecule has 1 amide bonds. The molecule has 0 aliphatic carbocycles. The van der Waals surface area contributed by atoms with Gasteiger partial charge in [-0.2, -0.15) is 0 Å². The number of hydrogen-bond acceptors (Lipinski definition) is 4. The molecule has 20 heavy (non-hydrogen) atoms. The zero-order valence-corrected chi connectivity index (χ0v) is 12.7. The number of halogens is 1. The largest absolute Gasteiger partial charge is 0.373 e. The Balaban J connectivity index is 1.94. The molecule has 1 unspecified atom stereocenters. The molecule has 1 aromatic heterocycles. The molecule has 0 aromatic carbocycles. The van der Waals surface area contributed by atoms with Crippen LogP contribution in [-0.4, -0.2) is 48.5 Å². The summed E-state index contributed by atoms with van der Waals surface area (Å²) in [6, 6.07) is 2.02. The molecule has 1 atom stereocenters. The fourth-order valence-electron chi connectivity index (χ4n) is 2.40. The molecule has 6 heteroatoms. The summed E-state index contributed by atoms with van der Waals surface area (Å²) in [7, 11) is 1.76. The van der Waals surface area contributed by atoms with Gasteiger partial charge in [0, 0.05) is 25.8 Å². The van der Waals surface area contributed by atoms with Crippen molar-refractivity contribution in [3.63, 3.8) is 0 Å². The SMILES string of the molecule is CNc1cc(C(=O)NCC(C)N2CCCC2)c(Cl)cn1. The second-order valence-corrected chi connectivity index (χ2v) is 5.51. The maximum absolute atomic E-state index is 12.2. The summed E-state index contributed by atoms with van der Waals surface area (Å²) in [4.78, 5) is 18.6. The number of carbonyl (C=O) groups excluding carboxylic acids is 1. The lowest BCUT2D eigenvalue weighted by molar-refractivity contribution is 0.0940. The van der Waals surface area contributed by atoms with Crippen molar-refractivity contribution in [3.05, 3.63) is 22.8 Å². The van der Waals surface area contributed by atoms with Crippen LogP contribution in [0.2, 0.25) is 5.02 Å². The Morgan fingerprint density at radius 2 is 2.20 bits per heavy atom. The van der Waals surface area contributed by atoms with Crippen molar-refractivity contribution >= 4 is 23.3 Å². The number of anilines is 1. The smallest absolute Gasteiger partial charge is 0.253 e. The maximum atomic E-state index is 12.2. The standard InChI is InChI=1S/C14H21ClN4O/c1-10(19-5-3-4-6-19)8-18-14(20)11-7-13(16-2)17-9-12(11)15/h7,9-10H,3-6,8H2,1-2H3,(H,16,17)(H,18,20). The second kappa shape index (κ2) is 6.90. The van der Waals surface area contributed by atoms with E-state index in [4.69, 9.17) is 11.6 Å². The summed E-state index contributed by atoms with van der Waals surface area (Å²) >= 11 is 6.03. The highest BCUT2D eigenvalue weighted by Crippen LogP contribution is 2.18. The van der Waals surface area contributed by atoms with Crippen LogP contribution in [0.1, 0.15) is 30.1 Å². The highest BCUT2D eigenvalue weighted by molar-refractivity contribution is 6.33. The van der Waals surface area contributed by atoms with E-state index in [0.717, 1.165) is 13.1 Å². The zero-order valence-electron chi connectivity index (χ0n) is 11.9. The Labute approximate surface area is 124 Å². The summed E-state index contributed by atoms with van der Waals surface area (Å²) in [6.45, 7) is 5.01. The Morgan fingerprint density at radius 1 is 1.50 bits per heavy atom. The summed E-state index contributed by atoms with van der Waals surface area (Å²) in [5, 5.41) is 6.22. The van der Waals surface area contributed by atoms with Gasteiger partial charge in [0.1, 0.15) is 5.82 Å². The molecule has 1 aromatic rings. The second-order valence-electron chi connectivity index (χ2n) is 5.10. The summed E-state index contributed by atoms with van der Waals surface area (Å²) in [5.41, 5.74) is 0.458. The van der Waals surface area contributed by atoms with Crippen LogP contribution in [0, 0.1) is 0 Å². The van der Waals surface area contributed by atoms with Gasteiger partial charge in [0.05, 0.1) is 10.6 Å². The Hall–Kier alpha value is -1.33. The van der Waals surface area contributed by atoms with E-state index in [1.807, 2.05) is 0 Å². The van der Waals surface area contributed by atoms with E-state index < -0.39 is 0 Å². The number of pyridine rings is 1. The molecule has 2 rings (SSSR count). The quantitative estimate of drug-likeness (QED) is 0.872. The lowest BCUT2D eigenvalue weighted by Gasteiger charge is -2.23. The number of rotatable bonds is 5. The van der Waals surface area contributed by atoms with Crippen molar-refractivity contribution in [2.75, 3.05) is 32.0 Å². The third-order valence-corrected chi connectivity index (χ3v) is 3.98. The molecular weight excluding hydrogens is 276 g/mol. The molecule has 1 aliphatic rings. The van der Waals surface area contributed by atoms with Crippen LogP contribution in [-0.2, 0) is 0 Å². The van der Waals surface area contributed by atoms with Gasteiger partial charge < -0.3 is 10.6 Å². The molecule has 1 saturated heterocycles. The summed E-state index contributed by atoms with van der Waals surface area (Å²) < 4.78 is 0. The van der Waals surface area contributed by atoms with E-state index in [1.165, 1.54) is 19.0 Å². The highest BCUT2D eigenvalue weighted by Gasteiger charge is 2.19. The van der Waals surface area contributed by atoms with E-state index in [-0.39, 0.29) is 5.91 Å². The Morgan fingerprint density at radius 3 is 2.85 bits per heavy atom. The van der Waals surface area contributed by atoms with Crippen molar-refractivity contribution < 1.29 is 4.79 Å². The molecular formula is C14H21ClN4O. The van der Waals surface area contributed by atoms with Crippen LogP contribution >= 0.6 is 11.6 Å². The predicted molar refractivity (Wildman–Crippen MR) is 81.4 cm³/mol. The minimum absolute atomic E-state index is 0.153. The van der Waals surface area contributed by atoms with E-state index >= 15 is 0 Å². The van der Waals surface area contributed by atoms with Gasteiger partial charge in [-0.25, -0.2) is 4.98 Å². The summed E-state index contributed by atoms with van der Waals surface area (Å²) in [6.07, 6.45) is 3.99. The van der Waals surface area contributed by atoms with Crippen LogP contribution < -0.4 is 10.6 Å². The first-order chi connectivity index (χ1) is 9.61. The lowest BCUT2D eigenvalue weighted by Crippen LogP contribution is -2.40. The van der Waals surface area contributed by atoms with Crippen molar-refractivity contribution in [1.29, 1.82) is 0 Å². The minimum Gasteiger partial charge on any atom is -0.373 e. The van der Waals surface area contributed by atoms with Crippen molar-refractivity contribution in [3.8, 4) is 0 Å². The van der Waals surface area contributed by atoms with E-state index in [0.29, 0.717) is 29.0 Å². The van der Waals surface area contributed by atoms with E-state index in [2.05, 4.69) is 27.4 Å². The Bertz CT molecular complexity index is 474. The van der Waals surface area contributed by atoms with Gasteiger partial charge in [0.25, 0.3) is 5.91 Å². The molecule has 110 valence electrons. The minimum atomic E-state index is -0.153. The molecule has 1 aliphatic heterocycles. The molecule has 0 saturated carbocycles. The number of carbonyl (C=O) groups is 1. The lowest BCUT2D eigenvalue weighted by atomic mass is 10.2. The number of nitrogens with zero attached hydrogens (tertiary/aromatic N) is 2. The number of hydrogen-bond donors (Lipinski definition) is 2. The average Bonchev–Trinajstić information content (AvgIpc) is 2.99. The van der Waals surface area contributed by atoms with Crippen LogP contribution in [0.15, 0.2) is 12.3 Å². The number of amides is 1. The molecule has 0 bridgehead atoms. The number of aromatic nitrogens is 1. The molecule has 1 fully saturated rings. The molecule has 2 N–H and O–H groups in total. The predicted octanol–water partition coefficient (Wildman–Crippen LogP) is 1.99. The molecule has 0 radical (unpaired) electrons. The van der Waals surface area contributed by atoms with Gasteiger partial charge in [0.15, 0.2) is 0 Å². The van der Waals surface area contributed by atoms with Gasteiger partial charge in [-0.15, -0.1) is 0 Å². The fraction of sp³-hybridized carbons (Fsp3) is 0.571. The molecule has 2 heterocycles. The van der Waals surface area contributed by atoms with Crippen LogP contribution in [0.3, 0.4) is 0 Å². The van der Waals surface area contributed by atoms with E-state index in [9.17, 15) is 4.79 Å². The third-order valence-electron chi connectivity index (χ3n) is 3.68. The summed E-state index contributed by atoms with van der Waals surface area (Å²) in [5.74, 6) is 0.479. The first kappa shape index (κ1) is 15.1. The van der Waals surface area contributed by atoms with Crippen molar-refractivity contribution in [2.24, 2.45) is 0 Å². The normalized spacial score (nSPS) is 16.9. The maximum Gasteiger partial charge on any atom is 0.253 e. The molecule has 0 spiro atoms. The zero-order chi connectivity index (χ0) is 14.5. The van der Waals surface area contributed by atoms with Crippen LogP contribution in [0.5, 0.6) is 0 Å². The van der Waals surface area contributed by atoms with Crippen LogP contribution in [0.4, 0.5) is 5.82 Å². The topological polar surface area (TPSA) is 57.3 Å². The van der Waals surface area contributed by atoms with Gasteiger partial charge in [-0.05, 0) is 38.9 Å². The highest BCUT2D eigenvalue weighted by atomic mass is 35.5. The van der Waals surface area contributed by atoms with Gasteiger partial charge in [-0.1, -0.05) is 11.6 Å². The Kier molecular flexibility index (Phi) is 5.20. The monoisotopic (exact) mass is 296 g/mol. The van der Waals surface area contributed by atoms with Crippen molar-refractivity contribution in [1.82, 2.24) is 15.2 Å². The van der Waals surface area contributed by atoms with E-state index in [1.54, 1.807) is 13.1 Å². The van der Waals surface area contributed by atoms with Gasteiger partial charge in [-0.3, -0.25) is 9.69 Å².